The Labute approximate surface area is 435 Å². The van der Waals surface area contributed by atoms with Crippen LogP contribution in [-0.2, 0) is 16.2 Å². The molecule has 0 amide bonds. The summed E-state index contributed by atoms with van der Waals surface area (Å²) in [5.74, 6) is 0. The van der Waals surface area contributed by atoms with Crippen LogP contribution in [0.2, 0.25) is 0 Å². The van der Waals surface area contributed by atoms with Crippen molar-refractivity contribution in [2.45, 2.75) is 43.9 Å². The fourth-order valence-electron chi connectivity index (χ4n) is 13.3. The number of rotatable bonds is 8. The van der Waals surface area contributed by atoms with Gasteiger partial charge in [-0.05, 0) is 148 Å². The van der Waals surface area contributed by atoms with Crippen molar-refractivity contribution in [1.29, 1.82) is 0 Å². The third kappa shape index (κ3) is 6.49. The molecule has 0 saturated carbocycles. The van der Waals surface area contributed by atoms with E-state index in [4.69, 9.17) is 0 Å². The molecule has 11 aromatic rings. The van der Waals surface area contributed by atoms with Crippen LogP contribution < -0.4 is 4.90 Å². The predicted molar refractivity (Wildman–Crippen MR) is 310 cm³/mol. The van der Waals surface area contributed by atoms with Crippen molar-refractivity contribution in [1.82, 2.24) is 0 Å². The summed E-state index contributed by atoms with van der Waals surface area (Å²) >= 11 is 0. The zero-order valence-corrected chi connectivity index (χ0v) is 42.3. The highest BCUT2D eigenvalue weighted by Gasteiger charge is 2.48. The SMILES string of the molecule is CC1(C)c2ccccc2-c2ccc(N(c3ccc4c(c3)C(C)(C)c3ccccc3-4)c3ccc4c(c3)C(c3ccccc3)(c3ccccc3)c3cccc(-c5ccc(-c6ccc(-c7ccccc7)cc6)cc5)c3-4)cc21. The highest BCUT2D eigenvalue weighted by molar-refractivity contribution is 5.98. The number of anilines is 3. The topological polar surface area (TPSA) is 3.24 Å². The molecule has 0 atom stereocenters. The van der Waals surface area contributed by atoms with Gasteiger partial charge >= 0.3 is 0 Å². The first-order chi connectivity index (χ1) is 36.2. The monoisotopic (exact) mass is 945 g/mol. The lowest BCUT2D eigenvalue weighted by atomic mass is 9.67. The van der Waals surface area contributed by atoms with Crippen LogP contribution in [0.5, 0.6) is 0 Å². The number of fused-ring (bicyclic) bond motifs is 9. The first kappa shape index (κ1) is 44.0. The lowest BCUT2D eigenvalue weighted by molar-refractivity contribution is 0.660. The number of nitrogens with zero attached hydrogens (tertiary/aromatic N) is 1. The fourth-order valence-corrected chi connectivity index (χ4v) is 13.3. The number of hydrogen-bond acceptors (Lipinski definition) is 1. The highest BCUT2D eigenvalue weighted by atomic mass is 15.1. The first-order valence-corrected chi connectivity index (χ1v) is 26.2. The molecule has 0 fully saturated rings. The molecule has 0 bridgehead atoms. The van der Waals surface area contributed by atoms with Crippen molar-refractivity contribution < 1.29 is 0 Å². The molecular formula is C73H55N. The lowest BCUT2D eigenvalue weighted by Gasteiger charge is -2.35. The maximum atomic E-state index is 2.54. The van der Waals surface area contributed by atoms with Crippen LogP contribution in [0.25, 0.3) is 66.8 Å². The summed E-state index contributed by atoms with van der Waals surface area (Å²) < 4.78 is 0. The van der Waals surface area contributed by atoms with E-state index in [-0.39, 0.29) is 10.8 Å². The Morgan fingerprint density at radius 3 is 1.08 bits per heavy atom. The molecule has 74 heavy (non-hydrogen) atoms. The minimum Gasteiger partial charge on any atom is -0.310 e. The van der Waals surface area contributed by atoms with E-state index in [9.17, 15) is 0 Å². The zero-order valence-electron chi connectivity index (χ0n) is 42.3. The predicted octanol–water partition coefficient (Wildman–Crippen LogP) is 19.1. The van der Waals surface area contributed by atoms with E-state index in [1.807, 2.05) is 0 Å². The van der Waals surface area contributed by atoms with E-state index < -0.39 is 5.41 Å². The maximum absolute atomic E-state index is 2.54. The van der Waals surface area contributed by atoms with Gasteiger partial charge in [-0.3, -0.25) is 0 Å². The van der Waals surface area contributed by atoms with E-state index in [0.29, 0.717) is 0 Å². The summed E-state index contributed by atoms with van der Waals surface area (Å²) in [6, 6.07) is 97.9. The normalized spacial score (nSPS) is 14.5. The van der Waals surface area contributed by atoms with Crippen molar-refractivity contribution >= 4 is 17.1 Å². The average Bonchev–Trinajstić information content (AvgIpc) is 3.99. The third-order valence-electron chi connectivity index (χ3n) is 17.0. The Kier molecular flexibility index (Phi) is 9.88. The van der Waals surface area contributed by atoms with Crippen molar-refractivity contribution in [2.75, 3.05) is 4.90 Å². The lowest BCUT2D eigenvalue weighted by Crippen LogP contribution is -2.28. The molecule has 0 unspecified atom stereocenters. The molecule has 11 aromatic carbocycles. The molecule has 0 N–H and O–H groups in total. The van der Waals surface area contributed by atoms with Crippen LogP contribution in [0.1, 0.15) is 72.2 Å². The molecule has 1 nitrogen and oxygen atoms in total. The Morgan fingerprint density at radius 2 is 0.595 bits per heavy atom. The van der Waals surface area contributed by atoms with Gasteiger partial charge in [-0.1, -0.05) is 252 Å². The van der Waals surface area contributed by atoms with Gasteiger partial charge in [-0.15, -0.1) is 0 Å². The minimum absolute atomic E-state index is 0.161. The van der Waals surface area contributed by atoms with Crippen molar-refractivity contribution in [2.24, 2.45) is 0 Å². The van der Waals surface area contributed by atoms with E-state index >= 15 is 0 Å². The quantitative estimate of drug-likeness (QED) is 0.147. The van der Waals surface area contributed by atoms with Crippen LogP contribution in [0.3, 0.4) is 0 Å². The summed E-state index contributed by atoms with van der Waals surface area (Å²) in [6.45, 7) is 9.54. The molecule has 0 saturated heterocycles. The molecular weight excluding hydrogens is 891 g/mol. The largest absolute Gasteiger partial charge is 0.310 e. The third-order valence-corrected chi connectivity index (χ3v) is 17.0. The molecule has 3 aliphatic rings. The van der Waals surface area contributed by atoms with Crippen LogP contribution >= 0.6 is 0 Å². The second kappa shape index (κ2) is 16.6. The Hall–Kier alpha value is -8.78. The molecule has 352 valence electrons. The second-order valence-corrected chi connectivity index (χ2v) is 21.6. The summed E-state index contributed by atoms with van der Waals surface area (Å²) in [7, 11) is 0. The fraction of sp³-hybridized carbons (Fsp3) is 0.0959. The summed E-state index contributed by atoms with van der Waals surface area (Å²) in [6.07, 6.45) is 0. The van der Waals surface area contributed by atoms with E-state index in [2.05, 4.69) is 293 Å². The summed E-state index contributed by atoms with van der Waals surface area (Å²) in [4.78, 5) is 2.54. The molecule has 3 aliphatic carbocycles. The van der Waals surface area contributed by atoms with E-state index in [1.165, 1.54) is 111 Å². The average molecular weight is 946 g/mol. The molecule has 0 radical (unpaired) electrons. The minimum atomic E-state index is -0.617. The standard InChI is InChI=1S/C73H55N/c1-71(2)64-28-16-14-25-59(64)61-42-39-55(45-67(61)71)74(56-40-43-62-60-26-15-17-29-65(60)72(3,4)68(62)46-56)57-41-44-63-69(47-57)73(53-21-10-6-11-22-53,54-23-12-7-13-24-54)66-30-18-27-58(70(63)66)52-37-35-51(36-38-52)50-33-31-49(32-34-50)48-19-8-5-9-20-48/h5-47H,1-4H3. The Balaban J connectivity index is 0.972. The molecule has 0 spiro atoms. The van der Waals surface area contributed by atoms with Gasteiger partial charge in [0.25, 0.3) is 0 Å². The Bertz CT molecular complexity index is 3830. The van der Waals surface area contributed by atoms with Gasteiger partial charge in [0.05, 0.1) is 5.41 Å². The van der Waals surface area contributed by atoms with Gasteiger partial charge in [0.2, 0.25) is 0 Å². The Morgan fingerprint density at radius 1 is 0.243 bits per heavy atom. The van der Waals surface area contributed by atoms with Crippen LogP contribution in [0, 0.1) is 0 Å². The van der Waals surface area contributed by atoms with Gasteiger partial charge in [0.15, 0.2) is 0 Å². The van der Waals surface area contributed by atoms with Crippen LogP contribution in [-0.4, -0.2) is 0 Å². The first-order valence-electron chi connectivity index (χ1n) is 26.2. The summed E-state index contributed by atoms with van der Waals surface area (Å²) in [5.41, 5.74) is 28.1. The summed E-state index contributed by atoms with van der Waals surface area (Å²) in [5, 5.41) is 0. The van der Waals surface area contributed by atoms with Crippen molar-refractivity contribution in [3.8, 4) is 66.8 Å². The second-order valence-electron chi connectivity index (χ2n) is 21.6. The van der Waals surface area contributed by atoms with Gasteiger partial charge in [-0.25, -0.2) is 0 Å². The smallest absolute Gasteiger partial charge is 0.0714 e. The van der Waals surface area contributed by atoms with Crippen molar-refractivity contribution in [3.05, 3.63) is 305 Å². The molecule has 0 heterocycles. The van der Waals surface area contributed by atoms with Gasteiger partial charge < -0.3 is 4.90 Å². The van der Waals surface area contributed by atoms with E-state index in [0.717, 1.165) is 17.1 Å². The molecule has 14 rings (SSSR count). The van der Waals surface area contributed by atoms with Gasteiger partial charge in [-0.2, -0.15) is 0 Å². The van der Waals surface area contributed by atoms with E-state index in [1.54, 1.807) is 0 Å². The number of benzene rings is 11. The van der Waals surface area contributed by atoms with Crippen molar-refractivity contribution in [3.63, 3.8) is 0 Å². The maximum Gasteiger partial charge on any atom is 0.0714 e. The molecule has 0 aliphatic heterocycles. The van der Waals surface area contributed by atoms with Crippen LogP contribution in [0.15, 0.2) is 261 Å². The molecule has 1 heteroatoms. The zero-order chi connectivity index (χ0) is 49.8. The van der Waals surface area contributed by atoms with Gasteiger partial charge in [0, 0.05) is 27.9 Å². The van der Waals surface area contributed by atoms with Gasteiger partial charge in [0.1, 0.15) is 0 Å². The number of hydrogen-bond donors (Lipinski definition) is 0. The van der Waals surface area contributed by atoms with Crippen LogP contribution in [0.4, 0.5) is 17.1 Å². The molecule has 0 aromatic heterocycles. The highest BCUT2D eigenvalue weighted by Crippen LogP contribution is 2.60.